The highest BCUT2D eigenvalue weighted by Crippen LogP contribution is 2.25. The zero-order chi connectivity index (χ0) is 14.1. The van der Waals surface area contributed by atoms with Gasteiger partial charge in [0.2, 0.25) is 5.95 Å². The van der Waals surface area contributed by atoms with Crippen molar-refractivity contribution in [3.63, 3.8) is 0 Å². The first kappa shape index (κ1) is 12.8. The summed E-state index contributed by atoms with van der Waals surface area (Å²) in [4.78, 5) is 10.0. The molecule has 0 unspecified atom stereocenters. The van der Waals surface area contributed by atoms with Crippen molar-refractivity contribution in [3.05, 3.63) is 29.8 Å². The Hall–Kier alpha value is -2.25. The molecule has 1 aliphatic heterocycles. The van der Waals surface area contributed by atoms with E-state index in [2.05, 4.69) is 15.1 Å². The molecule has 3 rings (SSSR count). The zero-order valence-electron chi connectivity index (χ0n) is 10.7. The normalized spacial score (nSPS) is 14.7. The van der Waals surface area contributed by atoms with Gasteiger partial charge in [0.05, 0.1) is 18.4 Å². The molecule has 0 bridgehead atoms. The molecule has 3 heterocycles. The summed E-state index contributed by atoms with van der Waals surface area (Å²) in [6.07, 6.45) is 2.90. The van der Waals surface area contributed by atoms with Crippen LogP contribution in [0.5, 0.6) is 0 Å². The van der Waals surface area contributed by atoms with Gasteiger partial charge in [-0.15, -0.1) is 0 Å². The topological polar surface area (TPSA) is 72.9 Å². The van der Waals surface area contributed by atoms with Crippen molar-refractivity contribution in [2.75, 3.05) is 23.7 Å². The van der Waals surface area contributed by atoms with Gasteiger partial charge in [-0.2, -0.15) is 5.10 Å². The molecule has 2 aromatic heterocycles. The molecule has 0 aromatic carbocycles. The van der Waals surface area contributed by atoms with Crippen molar-refractivity contribution in [1.82, 2.24) is 19.7 Å². The van der Waals surface area contributed by atoms with E-state index in [1.165, 1.54) is 17.1 Å². The number of nitrogens with two attached hydrogens (primary N) is 1. The molecule has 20 heavy (non-hydrogen) atoms. The summed E-state index contributed by atoms with van der Waals surface area (Å²) in [5, 5.41) is 3.98. The number of nitrogens with zero attached hydrogens (tertiary/aromatic N) is 5. The van der Waals surface area contributed by atoms with Gasteiger partial charge in [0.15, 0.2) is 0 Å². The van der Waals surface area contributed by atoms with E-state index >= 15 is 0 Å². The van der Waals surface area contributed by atoms with Crippen LogP contribution in [0.15, 0.2) is 18.6 Å². The van der Waals surface area contributed by atoms with E-state index in [9.17, 15) is 8.78 Å². The van der Waals surface area contributed by atoms with Crippen LogP contribution in [-0.2, 0) is 6.54 Å². The third kappa shape index (κ3) is 2.40. The van der Waals surface area contributed by atoms with E-state index in [0.29, 0.717) is 17.2 Å². The second-order valence-electron chi connectivity index (χ2n) is 4.69. The molecular weight excluding hydrogens is 266 g/mol. The Labute approximate surface area is 114 Å². The van der Waals surface area contributed by atoms with Gasteiger partial charge in [-0.25, -0.2) is 18.7 Å². The lowest BCUT2D eigenvalue weighted by Crippen LogP contribution is -2.38. The van der Waals surface area contributed by atoms with Crippen molar-refractivity contribution in [2.45, 2.75) is 19.4 Å². The quantitative estimate of drug-likeness (QED) is 0.917. The van der Waals surface area contributed by atoms with Crippen molar-refractivity contribution < 1.29 is 8.78 Å². The number of alkyl halides is 2. The Morgan fingerprint density at radius 1 is 1.30 bits per heavy atom. The number of nitrogen functional groups attached to an aromatic ring is 1. The van der Waals surface area contributed by atoms with E-state index in [1.54, 1.807) is 6.20 Å². The lowest BCUT2D eigenvalue weighted by atomic mass is 10.2. The second-order valence-corrected chi connectivity index (χ2v) is 4.69. The fourth-order valence-corrected chi connectivity index (χ4v) is 2.03. The number of anilines is 2. The molecule has 0 amide bonds. The summed E-state index contributed by atoms with van der Waals surface area (Å²) >= 11 is 0. The van der Waals surface area contributed by atoms with Crippen LogP contribution in [0.1, 0.15) is 24.1 Å². The number of rotatable bonds is 4. The fraction of sp³-hybridized carbons (Fsp3) is 0.417. The van der Waals surface area contributed by atoms with E-state index in [1.807, 2.05) is 4.90 Å². The first-order valence-corrected chi connectivity index (χ1v) is 6.30. The molecule has 2 aromatic rings. The predicted molar refractivity (Wildman–Crippen MR) is 69.6 cm³/mol. The van der Waals surface area contributed by atoms with E-state index in [-0.39, 0.29) is 12.2 Å². The Morgan fingerprint density at radius 2 is 2.10 bits per heavy atom. The Bertz CT molecular complexity index is 608. The van der Waals surface area contributed by atoms with E-state index in [4.69, 9.17) is 5.73 Å². The smallest absolute Gasteiger partial charge is 0.280 e. The molecule has 8 heteroatoms. The third-order valence-electron chi connectivity index (χ3n) is 3.22. The molecule has 0 atom stereocenters. The highest BCUT2D eigenvalue weighted by Gasteiger charge is 2.22. The summed E-state index contributed by atoms with van der Waals surface area (Å²) in [6.45, 7) is 1.81. The van der Waals surface area contributed by atoms with Crippen LogP contribution in [0.4, 0.5) is 20.4 Å². The first-order chi connectivity index (χ1) is 9.63. The van der Waals surface area contributed by atoms with Gasteiger partial charge in [0.1, 0.15) is 5.69 Å². The average Bonchev–Trinajstić information content (AvgIpc) is 2.74. The highest BCUT2D eigenvalue weighted by molar-refractivity contribution is 5.36. The van der Waals surface area contributed by atoms with Crippen LogP contribution in [0, 0.1) is 0 Å². The molecule has 1 aliphatic rings. The molecular formula is C12H14F2N6. The summed E-state index contributed by atoms with van der Waals surface area (Å²) in [5.41, 5.74) is 6.15. The Balaban J connectivity index is 1.89. The molecule has 0 radical (unpaired) electrons. The standard InChI is InChI=1S/C12H14F2N6/c13-11(14)10-8(6-20-7-9(15)5-17-20)4-16-12(18-10)19-2-1-3-19/h4-5,7,11H,1-3,6,15H2. The average molecular weight is 280 g/mol. The number of hydrogen-bond acceptors (Lipinski definition) is 5. The number of halogens is 2. The van der Waals surface area contributed by atoms with Crippen LogP contribution in [0.3, 0.4) is 0 Å². The predicted octanol–water partition coefficient (Wildman–Crippen LogP) is 1.45. The van der Waals surface area contributed by atoms with Crippen molar-refractivity contribution in [2.24, 2.45) is 0 Å². The molecule has 0 spiro atoms. The van der Waals surface area contributed by atoms with Crippen LogP contribution in [0.25, 0.3) is 0 Å². The highest BCUT2D eigenvalue weighted by atomic mass is 19.3. The lowest BCUT2D eigenvalue weighted by Gasteiger charge is -2.31. The number of aromatic nitrogens is 4. The monoisotopic (exact) mass is 280 g/mol. The van der Waals surface area contributed by atoms with Crippen LogP contribution in [-0.4, -0.2) is 32.8 Å². The molecule has 2 N–H and O–H groups in total. The van der Waals surface area contributed by atoms with Crippen molar-refractivity contribution >= 4 is 11.6 Å². The van der Waals surface area contributed by atoms with E-state index < -0.39 is 6.43 Å². The maximum absolute atomic E-state index is 13.1. The van der Waals surface area contributed by atoms with Crippen molar-refractivity contribution in [3.8, 4) is 0 Å². The minimum absolute atomic E-state index is 0.178. The van der Waals surface area contributed by atoms with Crippen LogP contribution >= 0.6 is 0 Å². The minimum atomic E-state index is -2.64. The van der Waals surface area contributed by atoms with Gasteiger partial charge < -0.3 is 10.6 Å². The zero-order valence-corrected chi connectivity index (χ0v) is 10.7. The van der Waals surface area contributed by atoms with Crippen LogP contribution in [0.2, 0.25) is 0 Å². The van der Waals surface area contributed by atoms with Crippen LogP contribution < -0.4 is 10.6 Å². The van der Waals surface area contributed by atoms with Gasteiger partial charge in [-0.1, -0.05) is 0 Å². The molecule has 1 fully saturated rings. The van der Waals surface area contributed by atoms with Gasteiger partial charge in [0.25, 0.3) is 6.43 Å². The minimum Gasteiger partial charge on any atom is -0.396 e. The van der Waals surface area contributed by atoms with E-state index in [0.717, 1.165) is 19.5 Å². The molecule has 106 valence electrons. The van der Waals surface area contributed by atoms with Gasteiger partial charge >= 0.3 is 0 Å². The maximum atomic E-state index is 13.1. The van der Waals surface area contributed by atoms with Gasteiger partial charge in [-0.05, 0) is 6.42 Å². The summed E-state index contributed by atoms with van der Waals surface area (Å²) < 4.78 is 27.8. The Kier molecular flexibility index (Phi) is 3.21. The SMILES string of the molecule is Nc1cnn(Cc2cnc(N3CCC3)nc2C(F)F)c1. The second kappa shape index (κ2) is 5.03. The molecule has 6 nitrogen and oxygen atoms in total. The molecule has 0 saturated carbocycles. The maximum Gasteiger partial charge on any atom is 0.280 e. The third-order valence-corrected chi connectivity index (χ3v) is 3.22. The Morgan fingerprint density at radius 3 is 2.65 bits per heavy atom. The molecule has 0 aliphatic carbocycles. The lowest BCUT2D eigenvalue weighted by molar-refractivity contribution is 0.144. The van der Waals surface area contributed by atoms with Crippen molar-refractivity contribution in [1.29, 1.82) is 0 Å². The summed E-state index contributed by atoms with van der Waals surface area (Å²) in [5.74, 6) is 0.371. The summed E-state index contributed by atoms with van der Waals surface area (Å²) in [7, 11) is 0. The van der Waals surface area contributed by atoms with Gasteiger partial charge in [0, 0.05) is 31.0 Å². The van der Waals surface area contributed by atoms with Gasteiger partial charge in [-0.3, -0.25) is 4.68 Å². The summed E-state index contributed by atoms with van der Waals surface area (Å²) in [6, 6.07) is 0. The molecule has 1 saturated heterocycles. The fourth-order valence-electron chi connectivity index (χ4n) is 2.03. The largest absolute Gasteiger partial charge is 0.396 e. The number of hydrogen-bond donors (Lipinski definition) is 1. The first-order valence-electron chi connectivity index (χ1n) is 6.30.